The zero-order valence-electron chi connectivity index (χ0n) is 7.16. The van der Waals surface area contributed by atoms with Crippen LogP contribution < -0.4 is 0 Å². The maximum Gasteiger partial charge on any atom is 0.159 e. The Hall–Kier alpha value is -0.850. The second-order valence-electron chi connectivity index (χ2n) is 4.29. The summed E-state index contributed by atoms with van der Waals surface area (Å²) in [4.78, 5) is 11.5. The van der Waals surface area contributed by atoms with Crippen LogP contribution in [0, 0.1) is 23.7 Å². The van der Waals surface area contributed by atoms with Gasteiger partial charge in [-0.05, 0) is 37.2 Å². The van der Waals surface area contributed by atoms with Gasteiger partial charge in [-0.2, -0.15) is 0 Å². The first-order valence-electron chi connectivity index (χ1n) is 4.68. The highest BCUT2D eigenvalue weighted by atomic mass is 16.1. The lowest BCUT2D eigenvalue weighted by Gasteiger charge is -2.20. The maximum absolute atomic E-state index is 11.5. The van der Waals surface area contributed by atoms with Gasteiger partial charge in [0.05, 0.1) is 0 Å². The van der Waals surface area contributed by atoms with Crippen molar-refractivity contribution in [1.29, 1.82) is 0 Å². The largest absolute Gasteiger partial charge is 0.295 e. The highest BCUT2D eigenvalue weighted by molar-refractivity contribution is 5.96. The summed E-state index contributed by atoms with van der Waals surface area (Å²) in [7, 11) is 0. The van der Waals surface area contributed by atoms with Crippen LogP contribution in [0.25, 0.3) is 0 Å². The molecular formula is C11H12O. The molecule has 1 saturated carbocycles. The minimum Gasteiger partial charge on any atom is -0.295 e. The molecule has 0 radical (unpaired) electrons. The molecule has 0 amide bonds. The summed E-state index contributed by atoms with van der Waals surface area (Å²) in [5.41, 5.74) is 1.32. The number of ketones is 1. The Morgan fingerprint density at radius 1 is 1.25 bits per heavy atom. The van der Waals surface area contributed by atoms with Crippen LogP contribution in [0.5, 0.6) is 0 Å². The van der Waals surface area contributed by atoms with Crippen molar-refractivity contribution in [3.05, 3.63) is 23.8 Å². The van der Waals surface area contributed by atoms with Gasteiger partial charge in [0.1, 0.15) is 0 Å². The van der Waals surface area contributed by atoms with E-state index in [4.69, 9.17) is 0 Å². The van der Waals surface area contributed by atoms with Gasteiger partial charge in [0.15, 0.2) is 5.78 Å². The zero-order valence-corrected chi connectivity index (χ0v) is 7.16. The van der Waals surface area contributed by atoms with Gasteiger partial charge in [0.2, 0.25) is 0 Å². The molecule has 12 heavy (non-hydrogen) atoms. The van der Waals surface area contributed by atoms with E-state index < -0.39 is 0 Å². The molecular weight excluding hydrogens is 148 g/mol. The lowest BCUT2D eigenvalue weighted by atomic mass is 9.82. The Morgan fingerprint density at radius 3 is 2.58 bits per heavy atom. The maximum atomic E-state index is 11.5. The molecule has 2 bridgehead atoms. The Kier molecular flexibility index (Phi) is 1.05. The van der Waals surface area contributed by atoms with E-state index in [1.54, 1.807) is 0 Å². The first-order valence-corrected chi connectivity index (χ1v) is 4.68. The summed E-state index contributed by atoms with van der Waals surface area (Å²) in [5.74, 6) is 2.55. The number of rotatable bonds is 0. The van der Waals surface area contributed by atoms with E-state index in [1.807, 2.05) is 6.08 Å². The monoisotopic (exact) mass is 160 g/mol. The van der Waals surface area contributed by atoms with E-state index in [1.165, 1.54) is 12.0 Å². The fourth-order valence-corrected chi connectivity index (χ4v) is 3.25. The molecule has 4 atom stereocenters. The fraction of sp³-hybridized carbons (Fsp3) is 0.545. The average molecular weight is 160 g/mol. The molecule has 0 spiro atoms. The van der Waals surface area contributed by atoms with Crippen molar-refractivity contribution in [3.63, 3.8) is 0 Å². The third-order valence-electron chi connectivity index (χ3n) is 3.68. The van der Waals surface area contributed by atoms with Gasteiger partial charge >= 0.3 is 0 Å². The fourth-order valence-electron chi connectivity index (χ4n) is 3.25. The van der Waals surface area contributed by atoms with E-state index >= 15 is 0 Å². The van der Waals surface area contributed by atoms with E-state index in [2.05, 4.69) is 19.1 Å². The summed E-state index contributed by atoms with van der Waals surface area (Å²) in [6.07, 6.45) is 7.64. The van der Waals surface area contributed by atoms with Crippen molar-refractivity contribution in [2.24, 2.45) is 23.7 Å². The van der Waals surface area contributed by atoms with Crippen LogP contribution >= 0.6 is 0 Å². The van der Waals surface area contributed by atoms with Crippen LogP contribution in [0.3, 0.4) is 0 Å². The molecule has 3 rings (SSSR count). The van der Waals surface area contributed by atoms with Gasteiger partial charge in [-0.25, -0.2) is 0 Å². The smallest absolute Gasteiger partial charge is 0.159 e. The number of carbonyl (C=O) groups is 1. The molecule has 0 saturated heterocycles. The highest BCUT2D eigenvalue weighted by Crippen LogP contribution is 2.53. The van der Waals surface area contributed by atoms with E-state index in [-0.39, 0.29) is 0 Å². The number of carbonyl (C=O) groups excluding carboxylic acids is 1. The highest BCUT2D eigenvalue weighted by Gasteiger charge is 2.50. The molecule has 0 aromatic carbocycles. The summed E-state index contributed by atoms with van der Waals surface area (Å²) in [5, 5.41) is 0. The second kappa shape index (κ2) is 1.90. The minimum absolute atomic E-state index is 0.333. The van der Waals surface area contributed by atoms with E-state index in [0.717, 1.165) is 0 Å². The first-order chi connectivity index (χ1) is 5.77. The Labute approximate surface area is 72.2 Å². The summed E-state index contributed by atoms with van der Waals surface area (Å²) in [6.45, 7) is 2.11. The van der Waals surface area contributed by atoms with Crippen LogP contribution in [-0.2, 0) is 4.79 Å². The molecule has 1 fully saturated rings. The van der Waals surface area contributed by atoms with Crippen LogP contribution in [0.1, 0.15) is 13.3 Å². The van der Waals surface area contributed by atoms with Crippen molar-refractivity contribution in [2.45, 2.75) is 13.3 Å². The standard InChI is InChI=1S/C11H12O/c1-6-4-9(12)11-8-3-2-7(5-8)10(6)11/h2-4,7-8,10-11H,5H2,1H3/t7-,8?,10-,11-/m0/s1. The lowest BCUT2D eigenvalue weighted by molar-refractivity contribution is -0.118. The molecule has 0 N–H and O–H groups in total. The van der Waals surface area contributed by atoms with Gasteiger partial charge in [0.25, 0.3) is 0 Å². The van der Waals surface area contributed by atoms with Gasteiger partial charge < -0.3 is 0 Å². The molecule has 1 heteroatoms. The molecule has 0 aromatic rings. The second-order valence-corrected chi connectivity index (χ2v) is 4.29. The van der Waals surface area contributed by atoms with E-state index in [0.29, 0.717) is 29.5 Å². The van der Waals surface area contributed by atoms with Crippen molar-refractivity contribution in [3.8, 4) is 0 Å². The average Bonchev–Trinajstić information content (AvgIpc) is 2.64. The summed E-state index contributed by atoms with van der Waals surface area (Å²) in [6, 6.07) is 0. The minimum atomic E-state index is 0.333. The van der Waals surface area contributed by atoms with Crippen molar-refractivity contribution in [2.75, 3.05) is 0 Å². The Morgan fingerprint density at radius 2 is 1.92 bits per heavy atom. The molecule has 0 heterocycles. The lowest BCUT2D eigenvalue weighted by Crippen LogP contribution is -2.20. The number of hydrogen-bond donors (Lipinski definition) is 0. The molecule has 1 unspecified atom stereocenters. The van der Waals surface area contributed by atoms with Gasteiger partial charge in [-0.15, -0.1) is 0 Å². The summed E-state index contributed by atoms with van der Waals surface area (Å²) < 4.78 is 0. The number of hydrogen-bond acceptors (Lipinski definition) is 1. The normalized spacial score (nSPS) is 48.4. The molecule has 3 aliphatic rings. The first kappa shape index (κ1) is 6.64. The molecule has 3 aliphatic carbocycles. The molecule has 0 aliphatic heterocycles. The van der Waals surface area contributed by atoms with Crippen molar-refractivity contribution >= 4 is 5.78 Å². The number of fused-ring (bicyclic) bond motifs is 5. The quantitative estimate of drug-likeness (QED) is 0.495. The van der Waals surface area contributed by atoms with Gasteiger partial charge in [-0.1, -0.05) is 17.7 Å². The third kappa shape index (κ3) is 0.588. The summed E-state index contributed by atoms with van der Waals surface area (Å²) >= 11 is 0. The van der Waals surface area contributed by atoms with Crippen LogP contribution in [0.4, 0.5) is 0 Å². The molecule has 1 nitrogen and oxygen atoms in total. The Balaban J connectivity index is 2.09. The number of allylic oxidation sites excluding steroid dienone is 4. The van der Waals surface area contributed by atoms with Crippen molar-refractivity contribution < 1.29 is 4.79 Å². The van der Waals surface area contributed by atoms with Crippen LogP contribution in [-0.4, -0.2) is 5.78 Å². The van der Waals surface area contributed by atoms with Crippen LogP contribution in [0.2, 0.25) is 0 Å². The predicted molar refractivity (Wildman–Crippen MR) is 46.5 cm³/mol. The molecule has 0 aromatic heterocycles. The Bertz CT molecular complexity index is 311. The zero-order chi connectivity index (χ0) is 8.29. The van der Waals surface area contributed by atoms with Gasteiger partial charge in [-0.3, -0.25) is 4.79 Å². The predicted octanol–water partition coefficient (Wildman–Crippen LogP) is 1.95. The van der Waals surface area contributed by atoms with E-state index in [9.17, 15) is 4.79 Å². The van der Waals surface area contributed by atoms with Gasteiger partial charge in [0, 0.05) is 5.92 Å². The SMILES string of the molecule is CC1=CC(=O)[C@@H]2C3C=C[C@@H](C3)[C@H]12. The van der Waals surface area contributed by atoms with Crippen LogP contribution in [0.15, 0.2) is 23.8 Å². The topological polar surface area (TPSA) is 17.1 Å². The third-order valence-corrected chi connectivity index (χ3v) is 3.68. The van der Waals surface area contributed by atoms with Crippen molar-refractivity contribution in [1.82, 2.24) is 0 Å². The molecule has 62 valence electrons.